The number of carbonyl (C=O) groups excluding carboxylic acids is 1. The molecule has 0 unspecified atom stereocenters. The Labute approximate surface area is 236 Å². The van der Waals surface area contributed by atoms with Crippen LogP contribution in [0, 0.1) is 0 Å². The number of rotatable bonds is 10. The molecule has 0 radical (unpaired) electrons. The minimum Gasteiger partial charge on any atom is -0.497 e. The Morgan fingerprint density at radius 1 is 0.825 bits per heavy atom. The molecular weight excluding hydrogens is 546 g/mol. The van der Waals surface area contributed by atoms with Gasteiger partial charge in [-0.2, -0.15) is 0 Å². The summed E-state index contributed by atoms with van der Waals surface area (Å²) in [5.74, 6) is 1.84. The van der Waals surface area contributed by atoms with Gasteiger partial charge in [0, 0.05) is 41.4 Å². The summed E-state index contributed by atoms with van der Waals surface area (Å²) >= 11 is 1.12. The van der Waals surface area contributed by atoms with Crippen LogP contribution < -0.4 is 24.8 Å². The molecule has 0 aliphatic heterocycles. The quantitative estimate of drug-likeness (QED) is 0.166. The van der Waals surface area contributed by atoms with Crippen LogP contribution in [0.1, 0.15) is 0 Å². The first-order valence-corrected chi connectivity index (χ1v) is 14.8. The van der Waals surface area contributed by atoms with Gasteiger partial charge in [-0.25, -0.2) is 17.9 Å². The third-order valence-electron chi connectivity index (χ3n) is 6.05. The predicted octanol–water partition coefficient (Wildman–Crippen LogP) is 6.47. The number of hydrogen-bond donors (Lipinski definition) is 3. The van der Waals surface area contributed by atoms with Gasteiger partial charge in [0.2, 0.25) is 0 Å². The Hall–Kier alpha value is -4.38. The van der Waals surface area contributed by atoms with E-state index in [4.69, 9.17) is 9.47 Å². The Bertz CT molecular complexity index is 1750. The van der Waals surface area contributed by atoms with E-state index in [2.05, 4.69) is 15.4 Å². The van der Waals surface area contributed by atoms with Crippen LogP contribution in [0.15, 0.2) is 107 Å². The minimum absolute atomic E-state index is 0.0132. The van der Waals surface area contributed by atoms with Crippen molar-refractivity contribution in [3.8, 4) is 28.4 Å². The van der Waals surface area contributed by atoms with Gasteiger partial charge in [-0.05, 0) is 41.1 Å². The highest BCUT2D eigenvalue weighted by molar-refractivity contribution is 7.91. The van der Waals surface area contributed by atoms with E-state index in [9.17, 15) is 13.2 Å². The topological polar surface area (TPSA) is 106 Å². The van der Waals surface area contributed by atoms with Gasteiger partial charge in [-0.15, -0.1) is 11.3 Å². The lowest BCUT2D eigenvalue weighted by molar-refractivity contribution is 0.252. The number of nitrogens with one attached hydrogen (secondary N) is 3. The van der Waals surface area contributed by atoms with Crippen molar-refractivity contribution in [3.05, 3.63) is 102 Å². The highest BCUT2D eigenvalue weighted by atomic mass is 32.2. The number of urea groups is 1. The molecule has 0 saturated heterocycles. The molecule has 4 aromatic carbocycles. The zero-order valence-electron chi connectivity index (χ0n) is 21.6. The Morgan fingerprint density at radius 3 is 2.45 bits per heavy atom. The summed E-state index contributed by atoms with van der Waals surface area (Å²) in [5.41, 5.74) is 1.76. The van der Waals surface area contributed by atoms with Crippen LogP contribution in [0.3, 0.4) is 0 Å². The van der Waals surface area contributed by atoms with E-state index in [0.717, 1.165) is 22.1 Å². The fraction of sp³-hybridized carbons (Fsp3) is 0.100. The number of hydrogen-bond acceptors (Lipinski definition) is 6. The average molecular weight is 574 g/mol. The fourth-order valence-electron chi connectivity index (χ4n) is 4.19. The molecule has 5 rings (SSSR count). The highest BCUT2D eigenvalue weighted by Crippen LogP contribution is 2.40. The van der Waals surface area contributed by atoms with Gasteiger partial charge in [0.25, 0.3) is 10.0 Å². The zero-order valence-corrected chi connectivity index (χ0v) is 23.2. The molecule has 3 N–H and O–H groups in total. The molecule has 0 spiro atoms. The van der Waals surface area contributed by atoms with Crippen LogP contribution in [0.5, 0.6) is 17.2 Å². The fourth-order valence-corrected chi connectivity index (χ4v) is 6.64. The van der Waals surface area contributed by atoms with Crippen molar-refractivity contribution in [1.82, 2.24) is 10.0 Å². The molecule has 5 aromatic rings. The van der Waals surface area contributed by atoms with Crippen molar-refractivity contribution in [2.75, 3.05) is 25.5 Å². The Morgan fingerprint density at radius 2 is 1.57 bits per heavy atom. The molecule has 0 fully saturated rings. The van der Waals surface area contributed by atoms with E-state index >= 15 is 0 Å². The molecule has 0 atom stereocenters. The number of anilines is 1. The van der Waals surface area contributed by atoms with Gasteiger partial charge in [0.05, 0.1) is 7.11 Å². The normalized spacial score (nSPS) is 11.2. The van der Waals surface area contributed by atoms with Crippen LogP contribution in [-0.2, 0) is 10.0 Å². The maximum atomic E-state index is 13.3. The molecule has 0 bridgehead atoms. The molecule has 1 heterocycles. The third kappa shape index (κ3) is 6.26. The second kappa shape index (κ2) is 12.2. The largest absolute Gasteiger partial charge is 0.497 e. The van der Waals surface area contributed by atoms with E-state index in [0.29, 0.717) is 34.1 Å². The smallest absolute Gasteiger partial charge is 0.319 e. The number of amides is 2. The van der Waals surface area contributed by atoms with Crippen molar-refractivity contribution < 1.29 is 22.7 Å². The third-order valence-corrected chi connectivity index (χ3v) is 9.00. The molecule has 0 aliphatic carbocycles. The molecular formula is C30H27N3O5S2. The van der Waals surface area contributed by atoms with Gasteiger partial charge in [-0.3, -0.25) is 0 Å². The first-order valence-electron chi connectivity index (χ1n) is 12.5. The van der Waals surface area contributed by atoms with E-state index in [1.54, 1.807) is 42.8 Å². The summed E-state index contributed by atoms with van der Waals surface area (Å²) in [7, 11) is -2.32. The Kier molecular flexibility index (Phi) is 8.30. The number of benzene rings is 4. The number of para-hydroxylation sites is 1. The number of carbonyl (C=O) groups is 1. The van der Waals surface area contributed by atoms with Crippen molar-refractivity contribution >= 4 is 43.9 Å². The lowest BCUT2D eigenvalue weighted by atomic mass is 10.1. The number of fused-ring (bicyclic) bond motifs is 1. The summed E-state index contributed by atoms with van der Waals surface area (Å²) in [4.78, 5) is 12.2. The van der Waals surface area contributed by atoms with Crippen LogP contribution in [0.4, 0.5) is 10.5 Å². The van der Waals surface area contributed by atoms with E-state index < -0.39 is 16.1 Å². The summed E-state index contributed by atoms with van der Waals surface area (Å²) in [6.45, 7) is 0.107. The number of sulfonamides is 1. The summed E-state index contributed by atoms with van der Waals surface area (Å²) < 4.78 is 40.7. The monoisotopic (exact) mass is 573 g/mol. The molecule has 0 aliphatic rings. The molecule has 2 amide bonds. The summed E-state index contributed by atoms with van der Waals surface area (Å²) in [6, 6.07) is 29.4. The lowest BCUT2D eigenvalue weighted by Gasteiger charge is -2.14. The van der Waals surface area contributed by atoms with Crippen molar-refractivity contribution in [1.29, 1.82) is 0 Å². The second-order valence-corrected chi connectivity index (χ2v) is 11.6. The summed E-state index contributed by atoms with van der Waals surface area (Å²) in [5, 5.41) is 9.08. The van der Waals surface area contributed by atoms with Crippen molar-refractivity contribution in [2.24, 2.45) is 0 Å². The van der Waals surface area contributed by atoms with Crippen LogP contribution in [-0.4, -0.2) is 34.6 Å². The molecule has 40 heavy (non-hydrogen) atoms. The minimum atomic E-state index is -3.86. The second-order valence-electron chi connectivity index (χ2n) is 8.71. The first kappa shape index (κ1) is 27.2. The molecule has 8 nitrogen and oxygen atoms in total. The van der Waals surface area contributed by atoms with Crippen molar-refractivity contribution in [3.63, 3.8) is 0 Å². The van der Waals surface area contributed by atoms with Gasteiger partial charge in [0.15, 0.2) is 0 Å². The summed E-state index contributed by atoms with van der Waals surface area (Å²) in [6.07, 6.45) is 0. The van der Waals surface area contributed by atoms with E-state index in [-0.39, 0.29) is 17.3 Å². The molecule has 1 aromatic heterocycles. The standard InChI is InChI=1S/C30H27N3O5S2/c1-37-23-11-7-10-22(20-23)33-30(34)31-17-18-32-40(35,36)29-26(16-19-39-29)25-13-4-5-14-28(25)38-27-15-6-9-21-8-2-3-12-24(21)27/h2-16,19-20,32H,17-18H2,1H3,(H2,31,33,34). The lowest BCUT2D eigenvalue weighted by Crippen LogP contribution is -2.36. The van der Waals surface area contributed by atoms with E-state index in [1.165, 1.54) is 0 Å². The maximum Gasteiger partial charge on any atom is 0.319 e. The van der Waals surface area contributed by atoms with Crippen molar-refractivity contribution in [2.45, 2.75) is 4.21 Å². The zero-order chi connectivity index (χ0) is 28.0. The molecule has 10 heteroatoms. The Balaban J connectivity index is 1.27. The van der Waals surface area contributed by atoms with Gasteiger partial charge in [0.1, 0.15) is 21.5 Å². The van der Waals surface area contributed by atoms with Crippen LogP contribution >= 0.6 is 11.3 Å². The maximum absolute atomic E-state index is 13.3. The molecule has 204 valence electrons. The van der Waals surface area contributed by atoms with Gasteiger partial charge < -0.3 is 20.1 Å². The van der Waals surface area contributed by atoms with Crippen LogP contribution in [0.25, 0.3) is 21.9 Å². The first-order chi connectivity index (χ1) is 19.4. The highest BCUT2D eigenvalue weighted by Gasteiger charge is 2.23. The number of methoxy groups -OCH3 is 1. The predicted molar refractivity (Wildman–Crippen MR) is 159 cm³/mol. The van der Waals surface area contributed by atoms with Gasteiger partial charge >= 0.3 is 6.03 Å². The average Bonchev–Trinajstić information content (AvgIpc) is 3.47. The van der Waals surface area contributed by atoms with Crippen LogP contribution in [0.2, 0.25) is 0 Å². The SMILES string of the molecule is COc1cccc(NC(=O)NCCNS(=O)(=O)c2sccc2-c2ccccc2Oc2cccc3ccccc23)c1. The number of thiophene rings is 1. The van der Waals surface area contributed by atoms with Gasteiger partial charge in [-0.1, -0.05) is 60.7 Å². The van der Waals surface area contributed by atoms with E-state index in [1.807, 2.05) is 66.7 Å². The molecule has 0 saturated carbocycles. The number of ether oxygens (including phenoxy) is 2.